The van der Waals surface area contributed by atoms with Crippen molar-refractivity contribution in [2.45, 2.75) is 29.9 Å². The summed E-state index contributed by atoms with van der Waals surface area (Å²) in [5.74, 6) is 2.22. The largest absolute Gasteiger partial charge is 0.497 e. The van der Waals surface area contributed by atoms with Crippen LogP contribution in [0.2, 0.25) is 0 Å². The molecule has 1 aromatic heterocycles. The van der Waals surface area contributed by atoms with Gasteiger partial charge in [-0.25, -0.2) is 4.68 Å². The number of nitrogens with one attached hydrogen (secondary N) is 2. The number of amides is 1. The minimum atomic E-state index is -0.409. The molecule has 4 rings (SSSR count). The fraction of sp³-hybridized carbons (Fsp3) is 0.286. The number of hydrogen-bond acceptors (Lipinski definition) is 7. The van der Waals surface area contributed by atoms with Crippen molar-refractivity contribution in [2.24, 2.45) is 0 Å². The molecule has 30 heavy (non-hydrogen) atoms. The van der Waals surface area contributed by atoms with E-state index in [4.69, 9.17) is 9.47 Å². The van der Waals surface area contributed by atoms with Crippen LogP contribution in [0.1, 0.15) is 23.0 Å². The zero-order valence-electron chi connectivity index (χ0n) is 17.0. The molecular weight excluding hydrogens is 402 g/mol. The topological polar surface area (TPSA) is 90.3 Å². The molecule has 9 heteroatoms. The van der Waals surface area contributed by atoms with Crippen molar-refractivity contribution in [1.82, 2.24) is 20.2 Å². The van der Waals surface area contributed by atoms with E-state index in [0.29, 0.717) is 11.7 Å². The minimum Gasteiger partial charge on any atom is -0.497 e. The number of ether oxygens (including phenoxy) is 2. The third-order valence-electron chi connectivity index (χ3n) is 4.96. The summed E-state index contributed by atoms with van der Waals surface area (Å²) in [6.45, 7) is 2.31. The predicted molar refractivity (Wildman–Crippen MR) is 114 cm³/mol. The van der Waals surface area contributed by atoms with Crippen LogP contribution in [0.5, 0.6) is 11.5 Å². The van der Waals surface area contributed by atoms with Crippen molar-refractivity contribution in [3.05, 3.63) is 65.5 Å². The van der Waals surface area contributed by atoms with Crippen LogP contribution in [0.3, 0.4) is 0 Å². The van der Waals surface area contributed by atoms with E-state index in [1.54, 1.807) is 14.2 Å². The van der Waals surface area contributed by atoms with Crippen molar-refractivity contribution >= 4 is 17.7 Å². The number of fused-ring (bicyclic) bond motifs is 1. The number of thioether (sulfide) groups is 1. The first-order chi connectivity index (χ1) is 14.6. The van der Waals surface area contributed by atoms with Gasteiger partial charge in [0.25, 0.3) is 0 Å². The van der Waals surface area contributed by atoms with Gasteiger partial charge >= 0.3 is 0 Å². The zero-order valence-corrected chi connectivity index (χ0v) is 17.8. The van der Waals surface area contributed by atoms with Crippen molar-refractivity contribution in [2.75, 3.05) is 19.6 Å². The lowest BCUT2D eigenvalue weighted by Gasteiger charge is -2.32. The van der Waals surface area contributed by atoms with Crippen LogP contribution in [-0.4, -0.2) is 40.3 Å². The molecule has 0 aliphatic carbocycles. The maximum Gasteiger partial charge on any atom is 0.236 e. The lowest BCUT2D eigenvalue weighted by Crippen LogP contribution is -2.44. The third kappa shape index (κ3) is 4.06. The van der Waals surface area contributed by atoms with Crippen LogP contribution in [-0.2, 0) is 11.3 Å². The van der Waals surface area contributed by atoms with Crippen LogP contribution in [0.25, 0.3) is 0 Å². The molecule has 0 saturated carbocycles. The van der Waals surface area contributed by atoms with E-state index in [1.165, 1.54) is 11.8 Å². The molecular formula is C21H23N5O3S. The van der Waals surface area contributed by atoms with Crippen molar-refractivity contribution < 1.29 is 14.3 Å². The number of aryl methyl sites for hydroxylation is 1. The Bertz CT molecular complexity index is 1020. The molecule has 1 amide bonds. The molecule has 8 nitrogen and oxygen atoms in total. The quantitative estimate of drug-likeness (QED) is 0.627. The van der Waals surface area contributed by atoms with Crippen LogP contribution in [0.4, 0.5) is 0 Å². The zero-order chi connectivity index (χ0) is 21.1. The molecule has 0 unspecified atom stereocenters. The van der Waals surface area contributed by atoms with E-state index in [-0.39, 0.29) is 11.9 Å². The molecule has 0 spiro atoms. The Morgan fingerprint density at radius 3 is 2.33 bits per heavy atom. The van der Waals surface area contributed by atoms with Gasteiger partial charge in [-0.2, -0.15) is 0 Å². The highest BCUT2D eigenvalue weighted by atomic mass is 32.2. The fourth-order valence-electron chi connectivity index (χ4n) is 3.25. The van der Waals surface area contributed by atoms with Gasteiger partial charge in [-0.05, 0) is 42.3 Å². The molecule has 1 aliphatic heterocycles. The summed E-state index contributed by atoms with van der Waals surface area (Å²) >= 11 is 1.40. The van der Waals surface area contributed by atoms with E-state index >= 15 is 0 Å². The molecule has 0 bridgehead atoms. The van der Waals surface area contributed by atoms with Crippen LogP contribution in [0.15, 0.2) is 53.7 Å². The minimum absolute atomic E-state index is 0.0731. The second kappa shape index (κ2) is 8.66. The summed E-state index contributed by atoms with van der Waals surface area (Å²) in [6.07, 6.45) is 0. The highest BCUT2D eigenvalue weighted by molar-refractivity contribution is 8.00. The molecule has 2 N–H and O–H groups in total. The normalized spacial score (nSPS) is 17.6. The summed E-state index contributed by atoms with van der Waals surface area (Å²) in [5.41, 5.74) is 5.37. The predicted octanol–water partition coefficient (Wildman–Crippen LogP) is 2.68. The van der Waals surface area contributed by atoms with Crippen molar-refractivity contribution in [3.63, 3.8) is 0 Å². The third-order valence-corrected chi connectivity index (χ3v) is 6.17. The lowest BCUT2D eigenvalue weighted by atomic mass is 10.0. The second-order valence-electron chi connectivity index (χ2n) is 6.85. The Kier molecular flexibility index (Phi) is 5.80. The van der Waals surface area contributed by atoms with E-state index in [2.05, 4.69) is 20.9 Å². The monoisotopic (exact) mass is 425 g/mol. The average molecular weight is 426 g/mol. The molecule has 0 saturated heterocycles. The Labute approximate surface area is 179 Å². The summed E-state index contributed by atoms with van der Waals surface area (Å²) in [7, 11) is 3.26. The maximum absolute atomic E-state index is 13.1. The molecule has 2 heterocycles. The van der Waals surface area contributed by atoms with E-state index < -0.39 is 5.25 Å². The molecule has 0 radical (unpaired) electrons. The summed E-state index contributed by atoms with van der Waals surface area (Å²) in [6, 6.07) is 15.1. The number of carbonyl (C=O) groups is 1. The SMILES string of the molecule is COc1ccc(CNC(=O)[C@H]2Sc3nnc(C)n3N[C@@H]2c2ccc(OC)cc2)cc1. The highest BCUT2D eigenvalue weighted by Crippen LogP contribution is 2.37. The molecule has 0 fully saturated rings. The Morgan fingerprint density at radius 2 is 1.70 bits per heavy atom. The second-order valence-corrected chi connectivity index (χ2v) is 7.96. The van der Waals surface area contributed by atoms with Gasteiger partial charge in [0.05, 0.1) is 20.3 Å². The van der Waals surface area contributed by atoms with Crippen LogP contribution >= 0.6 is 11.8 Å². The van der Waals surface area contributed by atoms with Gasteiger partial charge in [-0.1, -0.05) is 36.0 Å². The van der Waals surface area contributed by atoms with Gasteiger partial charge in [0.15, 0.2) is 0 Å². The molecule has 3 aromatic rings. The Morgan fingerprint density at radius 1 is 1.07 bits per heavy atom. The standard InChI is InChI=1S/C21H23N5O3S/c1-13-23-24-21-26(13)25-18(15-6-10-17(29-3)11-7-15)19(30-21)20(27)22-12-14-4-8-16(28-2)9-5-14/h4-11,18-19,25H,12H2,1-3H3,(H,22,27)/t18-,19+/m1/s1. The van der Waals surface area contributed by atoms with Gasteiger partial charge in [-0.15, -0.1) is 10.2 Å². The fourth-order valence-corrected chi connectivity index (χ4v) is 4.40. The van der Waals surface area contributed by atoms with Gasteiger partial charge in [-0.3, -0.25) is 4.79 Å². The first-order valence-corrected chi connectivity index (χ1v) is 10.4. The van der Waals surface area contributed by atoms with Gasteiger partial charge in [0.1, 0.15) is 22.6 Å². The number of nitrogens with zero attached hydrogens (tertiary/aromatic N) is 3. The van der Waals surface area contributed by atoms with Gasteiger partial charge in [0.2, 0.25) is 11.1 Å². The summed E-state index contributed by atoms with van der Waals surface area (Å²) in [4.78, 5) is 13.1. The van der Waals surface area contributed by atoms with Crippen LogP contribution < -0.4 is 20.2 Å². The van der Waals surface area contributed by atoms with Gasteiger partial charge in [0, 0.05) is 6.54 Å². The lowest BCUT2D eigenvalue weighted by molar-refractivity contribution is -0.121. The van der Waals surface area contributed by atoms with E-state index in [9.17, 15) is 4.79 Å². The number of rotatable bonds is 6. The van der Waals surface area contributed by atoms with Crippen LogP contribution in [0, 0.1) is 6.92 Å². The Balaban J connectivity index is 1.54. The molecule has 156 valence electrons. The number of hydrogen-bond donors (Lipinski definition) is 2. The van der Waals surface area contributed by atoms with E-state index in [0.717, 1.165) is 28.5 Å². The summed E-state index contributed by atoms with van der Waals surface area (Å²) in [5, 5.41) is 11.6. The van der Waals surface area contributed by atoms with Crippen molar-refractivity contribution in [1.29, 1.82) is 0 Å². The van der Waals surface area contributed by atoms with E-state index in [1.807, 2.05) is 60.1 Å². The van der Waals surface area contributed by atoms with Crippen molar-refractivity contribution in [3.8, 4) is 11.5 Å². The highest BCUT2D eigenvalue weighted by Gasteiger charge is 2.37. The first-order valence-electron chi connectivity index (χ1n) is 9.49. The number of carbonyl (C=O) groups excluding carboxylic acids is 1. The molecule has 2 atom stereocenters. The Hall–Kier alpha value is -3.20. The molecule has 1 aliphatic rings. The smallest absolute Gasteiger partial charge is 0.236 e. The number of aromatic nitrogens is 3. The average Bonchev–Trinajstić information content (AvgIpc) is 3.16. The first kappa shape index (κ1) is 20.1. The summed E-state index contributed by atoms with van der Waals surface area (Å²) < 4.78 is 12.3. The molecule has 2 aromatic carbocycles. The van der Waals surface area contributed by atoms with Gasteiger partial charge < -0.3 is 20.2 Å². The number of methoxy groups -OCH3 is 2. The number of benzene rings is 2. The maximum atomic E-state index is 13.1.